The Morgan fingerprint density at radius 1 is 0.800 bits per heavy atom. The number of phenolic OH excluding ortho intramolecular Hbond substituents is 2. The topological polar surface area (TPSA) is 40.5 Å². The molecule has 0 heterocycles. The first-order chi connectivity index (χ1) is 9.65. The molecular weight excluding hydrogens is 248 g/mol. The highest BCUT2D eigenvalue weighted by Gasteiger charge is 2.08. The van der Waals surface area contributed by atoms with E-state index in [0.29, 0.717) is 6.42 Å². The molecule has 3 aromatic rings. The normalized spacial score (nSPS) is 10.8. The van der Waals surface area contributed by atoms with E-state index in [2.05, 4.69) is 6.07 Å². The van der Waals surface area contributed by atoms with Gasteiger partial charge >= 0.3 is 0 Å². The Kier molecular flexibility index (Phi) is 3.07. The van der Waals surface area contributed by atoms with Crippen LogP contribution in [0.4, 0.5) is 0 Å². The highest BCUT2D eigenvalue weighted by Crippen LogP contribution is 2.30. The molecule has 0 atom stereocenters. The second kappa shape index (κ2) is 4.89. The quantitative estimate of drug-likeness (QED) is 0.730. The van der Waals surface area contributed by atoms with Gasteiger partial charge in [0.15, 0.2) is 0 Å². The summed E-state index contributed by atoms with van der Waals surface area (Å²) in [7, 11) is 0. The van der Waals surface area contributed by atoms with E-state index in [0.717, 1.165) is 27.5 Å². The summed E-state index contributed by atoms with van der Waals surface area (Å²) in [6.45, 7) is 2.03. The molecule has 0 aromatic heterocycles. The van der Waals surface area contributed by atoms with Gasteiger partial charge < -0.3 is 10.2 Å². The molecule has 0 aliphatic carbocycles. The van der Waals surface area contributed by atoms with Crippen LogP contribution < -0.4 is 0 Å². The lowest BCUT2D eigenvalue weighted by Crippen LogP contribution is -1.92. The smallest absolute Gasteiger partial charge is 0.119 e. The van der Waals surface area contributed by atoms with Crippen molar-refractivity contribution in [2.75, 3.05) is 0 Å². The van der Waals surface area contributed by atoms with Crippen LogP contribution in [-0.4, -0.2) is 10.2 Å². The average Bonchev–Trinajstić information content (AvgIpc) is 2.42. The van der Waals surface area contributed by atoms with Crippen molar-refractivity contribution in [2.45, 2.75) is 13.3 Å². The molecule has 0 amide bonds. The van der Waals surface area contributed by atoms with Crippen molar-refractivity contribution in [3.05, 3.63) is 71.3 Å². The van der Waals surface area contributed by atoms with Gasteiger partial charge in [0.05, 0.1) is 0 Å². The highest BCUT2D eigenvalue weighted by atomic mass is 16.3. The zero-order chi connectivity index (χ0) is 14.1. The molecule has 0 aliphatic rings. The van der Waals surface area contributed by atoms with Crippen molar-refractivity contribution < 1.29 is 10.2 Å². The van der Waals surface area contributed by atoms with Crippen LogP contribution in [0, 0.1) is 6.92 Å². The Morgan fingerprint density at radius 3 is 2.40 bits per heavy atom. The highest BCUT2D eigenvalue weighted by molar-refractivity contribution is 5.90. The van der Waals surface area contributed by atoms with Gasteiger partial charge in [-0.3, -0.25) is 0 Å². The lowest BCUT2D eigenvalue weighted by atomic mass is 9.95. The summed E-state index contributed by atoms with van der Waals surface area (Å²) in [5, 5.41) is 22.0. The molecule has 0 spiro atoms. The Hall–Kier alpha value is -2.48. The Labute approximate surface area is 117 Å². The zero-order valence-corrected chi connectivity index (χ0v) is 11.3. The predicted molar refractivity (Wildman–Crippen MR) is 81.3 cm³/mol. The van der Waals surface area contributed by atoms with Gasteiger partial charge in [-0.25, -0.2) is 0 Å². The summed E-state index contributed by atoms with van der Waals surface area (Å²) in [6.07, 6.45) is 0.598. The summed E-state index contributed by atoms with van der Waals surface area (Å²) < 4.78 is 0. The van der Waals surface area contributed by atoms with Crippen molar-refractivity contribution in [2.24, 2.45) is 0 Å². The van der Waals surface area contributed by atoms with Crippen molar-refractivity contribution in [3.63, 3.8) is 0 Å². The van der Waals surface area contributed by atoms with Crippen molar-refractivity contribution in [1.29, 1.82) is 0 Å². The SMILES string of the molecule is Cc1cccc2c(Cc3ccccc3O)cc(O)cc12. The van der Waals surface area contributed by atoms with Crippen LogP contribution in [0.15, 0.2) is 54.6 Å². The number of para-hydroxylation sites is 1. The van der Waals surface area contributed by atoms with Gasteiger partial charge in [0.25, 0.3) is 0 Å². The monoisotopic (exact) mass is 264 g/mol. The molecule has 0 fully saturated rings. The molecule has 3 rings (SSSR count). The molecular formula is C18H16O2. The molecule has 0 aliphatic heterocycles. The number of hydrogen-bond acceptors (Lipinski definition) is 2. The second-order valence-corrected chi connectivity index (χ2v) is 5.08. The molecule has 3 aromatic carbocycles. The van der Waals surface area contributed by atoms with E-state index in [9.17, 15) is 10.2 Å². The Bertz CT molecular complexity index is 775. The maximum absolute atomic E-state index is 9.92. The van der Waals surface area contributed by atoms with Crippen LogP contribution in [-0.2, 0) is 6.42 Å². The lowest BCUT2D eigenvalue weighted by Gasteiger charge is -2.11. The minimum absolute atomic E-state index is 0.261. The van der Waals surface area contributed by atoms with E-state index < -0.39 is 0 Å². The van der Waals surface area contributed by atoms with Crippen LogP contribution in [0.2, 0.25) is 0 Å². The molecule has 0 saturated heterocycles. The molecule has 20 heavy (non-hydrogen) atoms. The Balaban J connectivity index is 2.17. The number of phenols is 2. The molecule has 2 nitrogen and oxygen atoms in total. The maximum Gasteiger partial charge on any atom is 0.119 e. The minimum Gasteiger partial charge on any atom is -0.508 e. The molecule has 0 saturated carbocycles. The third-order valence-corrected chi connectivity index (χ3v) is 3.66. The molecule has 0 bridgehead atoms. The summed E-state index contributed by atoms with van der Waals surface area (Å²) in [6, 6.07) is 17.0. The second-order valence-electron chi connectivity index (χ2n) is 5.08. The van der Waals surface area contributed by atoms with Crippen LogP contribution in [0.5, 0.6) is 11.5 Å². The fourth-order valence-electron chi connectivity index (χ4n) is 2.61. The van der Waals surface area contributed by atoms with E-state index in [1.165, 1.54) is 0 Å². The number of aromatic hydroxyl groups is 2. The third-order valence-electron chi connectivity index (χ3n) is 3.66. The van der Waals surface area contributed by atoms with Gasteiger partial charge in [0.1, 0.15) is 11.5 Å². The molecule has 100 valence electrons. The summed E-state index contributed by atoms with van der Waals surface area (Å²) >= 11 is 0. The van der Waals surface area contributed by atoms with Gasteiger partial charge in [0, 0.05) is 6.42 Å². The number of fused-ring (bicyclic) bond motifs is 1. The largest absolute Gasteiger partial charge is 0.508 e. The van der Waals surface area contributed by atoms with Gasteiger partial charge in [-0.05, 0) is 52.6 Å². The van der Waals surface area contributed by atoms with E-state index in [-0.39, 0.29) is 11.5 Å². The Morgan fingerprint density at radius 2 is 1.60 bits per heavy atom. The van der Waals surface area contributed by atoms with Gasteiger partial charge in [-0.2, -0.15) is 0 Å². The summed E-state index contributed by atoms with van der Waals surface area (Å²) in [5.74, 6) is 0.550. The lowest BCUT2D eigenvalue weighted by molar-refractivity contribution is 0.468. The number of rotatable bonds is 2. The molecule has 0 unspecified atom stereocenters. The van der Waals surface area contributed by atoms with Gasteiger partial charge in [-0.1, -0.05) is 36.4 Å². The van der Waals surface area contributed by atoms with Crippen molar-refractivity contribution >= 4 is 10.8 Å². The van der Waals surface area contributed by atoms with E-state index >= 15 is 0 Å². The standard InChI is InChI=1S/C18H16O2/c1-12-5-4-7-16-14(10-15(19)11-17(12)16)9-13-6-2-3-8-18(13)20/h2-8,10-11,19-20H,9H2,1H3. The number of benzene rings is 3. The minimum atomic E-state index is 0.261. The molecule has 0 radical (unpaired) electrons. The first-order valence-corrected chi connectivity index (χ1v) is 6.63. The first-order valence-electron chi connectivity index (χ1n) is 6.63. The first kappa shape index (κ1) is 12.5. The van der Waals surface area contributed by atoms with Crippen LogP contribution in [0.25, 0.3) is 10.8 Å². The average molecular weight is 264 g/mol. The maximum atomic E-state index is 9.92. The fraction of sp³-hybridized carbons (Fsp3) is 0.111. The van der Waals surface area contributed by atoms with Crippen LogP contribution in [0.1, 0.15) is 16.7 Å². The van der Waals surface area contributed by atoms with Crippen molar-refractivity contribution in [3.8, 4) is 11.5 Å². The summed E-state index contributed by atoms with van der Waals surface area (Å²) in [4.78, 5) is 0. The third kappa shape index (κ3) is 2.21. The number of aryl methyl sites for hydroxylation is 1. The predicted octanol–water partition coefficient (Wildman–Crippen LogP) is 4.15. The van der Waals surface area contributed by atoms with Crippen molar-refractivity contribution in [1.82, 2.24) is 0 Å². The fourth-order valence-corrected chi connectivity index (χ4v) is 2.61. The van der Waals surface area contributed by atoms with E-state index in [1.54, 1.807) is 18.2 Å². The van der Waals surface area contributed by atoms with Crippen LogP contribution in [0.3, 0.4) is 0 Å². The van der Waals surface area contributed by atoms with Gasteiger partial charge in [0.2, 0.25) is 0 Å². The van der Waals surface area contributed by atoms with E-state index in [4.69, 9.17) is 0 Å². The van der Waals surface area contributed by atoms with Gasteiger partial charge in [-0.15, -0.1) is 0 Å². The van der Waals surface area contributed by atoms with E-state index in [1.807, 2.05) is 37.3 Å². The molecule has 2 N–H and O–H groups in total. The zero-order valence-electron chi connectivity index (χ0n) is 11.3. The summed E-state index contributed by atoms with van der Waals surface area (Å²) in [5.41, 5.74) is 3.02. The number of hydrogen-bond donors (Lipinski definition) is 2. The van der Waals surface area contributed by atoms with Crippen LogP contribution >= 0.6 is 0 Å². The molecule has 2 heteroatoms.